The molecule has 2 aliphatic heterocycles. The van der Waals surface area contributed by atoms with Crippen LogP contribution >= 0.6 is 0 Å². The SMILES string of the molecule is O=C(O)C1(CC2CN(S(=O)(=O)c3cncc(C(F)(F)F)c3)c3cc(-c4cc(F)ccc4F)ccc3O2)COC1. The van der Waals surface area contributed by atoms with Gasteiger partial charge in [-0.15, -0.1) is 0 Å². The van der Waals surface area contributed by atoms with Gasteiger partial charge in [0.2, 0.25) is 0 Å². The summed E-state index contributed by atoms with van der Waals surface area (Å²) in [7, 11) is -4.73. The van der Waals surface area contributed by atoms with Gasteiger partial charge in [-0.05, 0) is 42.0 Å². The van der Waals surface area contributed by atoms with E-state index in [-0.39, 0.29) is 42.2 Å². The molecule has 0 spiro atoms. The highest BCUT2D eigenvalue weighted by molar-refractivity contribution is 7.92. The van der Waals surface area contributed by atoms with Gasteiger partial charge < -0.3 is 14.6 Å². The fourth-order valence-electron chi connectivity index (χ4n) is 4.49. The first-order chi connectivity index (χ1) is 18.3. The van der Waals surface area contributed by atoms with Crippen molar-refractivity contribution in [1.82, 2.24) is 4.98 Å². The number of aliphatic carboxylic acids is 1. The first-order valence-electron chi connectivity index (χ1n) is 11.4. The van der Waals surface area contributed by atoms with Gasteiger partial charge in [-0.2, -0.15) is 13.2 Å². The molecule has 0 saturated carbocycles. The molecule has 39 heavy (non-hydrogen) atoms. The highest BCUT2D eigenvalue weighted by Gasteiger charge is 2.50. The lowest BCUT2D eigenvalue weighted by Gasteiger charge is -2.42. The standard InChI is InChI=1S/C25H19F5N2O6S/c26-16-2-3-20(27)19(7-16)14-1-4-22-21(5-14)32(11-17(38-22)8-24(23(33)34)12-37-13-24)39(35,36)18-6-15(9-31-10-18)25(28,29)30/h1-7,9-10,17H,8,11-13H2,(H,33,34). The average molecular weight is 570 g/mol. The number of carbonyl (C=O) groups is 1. The van der Waals surface area contributed by atoms with Crippen molar-refractivity contribution >= 4 is 21.7 Å². The molecule has 0 radical (unpaired) electrons. The molecule has 1 atom stereocenters. The van der Waals surface area contributed by atoms with Crippen LogP contribution in [-0.4, -0.2) is 50.3 Å². The molecule has 3 aromatic rings. The van der Waals surface area contributed by atoms with Gasteiger partial charge in [-0.1, -0.05) is 6.07 Å². The molecule has 5 rings (SSSR count). The second-order valence-electron chi connectivity index (χ2n) is 9.27. The van der Waals surface area contributed by atoms with Crippen molar-refractivity contribution in [2.75, 3.05) is 24.1 Å². The van der Waals surface area contributed by atoms with Gasteiger partial charge in [0.15, 0.2) is 0 Å². The van der Waals surface area contributed by atoms with Crippen molar-refractivity contribution in [2.24, 2.45) is 5.41 Å². The fourth-order valence-corrected chi connectivity index (χ4v) is 5.98. The molecule has 1 saturated heterocycles. The minimum atomic E-state index is -4.87. The molecule has 0 amide bonds. The third-order valence-electron chi connectivity index (χ3n) is 6.59. The summed E-state index contributed by atoms with van der Waals surface area (Å²) >= 11 is 0. The molecule has 1 N–H and O–H groups in total. The van der Waals surface area contributed by atoms with Crippen LogP contribution in [0.2, 0.25) is 0 Å². The molecular formula is C25H19F5N2O6S. The number of anilines is 1. The minimum Gasteiger partial charge on any atom is -0.486 e. The van der Waals surface area contributed by atoms with Crippen molar-refractivity contribution < 1.29 is 49.7 Å². The van der Waals surface area contributed by atoms with Crippen LogP contribution in [0.25, 0.3) is 11.1 Å². The molecule has 8 nitrogen and oxygen atoms in total. The quantitative estimate of drug-likeness (QED) is 0.436. The molecule has 14 heteroatoms. The number of aromatic nitrogens is 1. The molecule has 2 aliphatic rings. The van der Waals surface area contributed by atoms with Crippen molar-refractivity contribution in [3.8, 4) is 16.9 Å². The fraction of sp³-hybridized carbons (Fsp3) is 0.280. The smallest absolute Gasteiger partial charge is 0.417 e. The Balaban J connectivity index is 1.61. The summed E-state index contributed by atoms with van der Waals surface area (Å²) in [5.74, 6) is -2.76. The number of carboxylic acids is 1. The highest BCUT2D eigenvalue weighted by atomic mass is 32.2. The summed E-state index contributed by atoms with van der Waals surface area (Å²) in [6.45, 7) is -0.732. The zero-order valence-corrected chi connectivity index (χ0v) is 20.6. The van der Waals surface area contributed by atoms with E-state index in [0.717, 1.165) is 28.7 Å². The number of rotatable bonds is 6. The zero-order valence-electron chi connectivity index (χ0n) is 19.8. The Bertz CT molecular complexity index is 1560. The van der Waals surface area contributed by atoms with E-state index >= 15 is 0 Å². The molecule has 1 unspecified atom stereocenters. The molecular weight excluding hydrogens is 551 g/mol. The summed E-state index contributed by atoms with van der Waals surface area (Å²) in [6, 6.07) is 7.01. The number of nitrogens with zero attached hydrogens (tertiary/aromatic N) is 2. The molecule has 3 heterocycles. The van der Waals surface area contributed by atoms with Crippen LogP contribution in [0.5, 0.6) is 5.75 Å². The van der Waals surface area contributed by atoms with E-state index in [1.165, 1.54) is 18.2 Å². The monoisotopic (exact) mass is 570 g/mol. The van der Waals surface area contributed by atoms with Crippen LogP contribution in [-0.2, 0) is 25.7 Å². The van der Waals surface area contributed by atoms with E-state index < -0.39 is 62.3 Å². The number of benzene rings is 2. The van der Waals surface area contributed by atoms with E-state index in [0.29, 0.717) is 12.3 Å². The molecule has 1 aromatic heterocycles. The Labute approximate surface area is 218 Å². The van der Waals surface area contributed by atoms with Gasteiger partial charge in [0.05, 0.1) is 31.0 Å². The van der Waals surface area contributed by atoms with Crippen LogP contribution in [0.15, 0.2) is 59.8 Å². The van der Waals surface area contributed by atoms with Crippen molar-refractivity contribution in [3.63, 3.8) is 0 Å². The maximum atomic E-state index is 14.5. The Morgan fingerprint density at radius 3 is 2.49 bits per heavy atom. The van der Waals surface area contributed by atoms with Gasteiger partial charge in [0.25, 0.3) is 10.0 Å². The minimum absolute atomic E-state index is 0.0453. The van der Waals surface area contributed by atoms with Crippen molar-refractivity contribution in [1.29, 1.82) is 0 Å². The number of alkyl halides is 3. The Morgan fingerprint density at radius 2 is 1.85 bits per heavy atom. The first-order valence-corrected chi connectivity index (χ1v) is 12.9. The Kier molecular flexibility index (Phi) is 6.50. The van der Waals surface area contributed by atoms with Crippen LogP contribution in [0, 0.1) is 17.0 Å². The normalized spacial score (nSPS) is 18.6. The van der Waals surface area contributed by atoms with Crippen LogP contribution in [0.3, 0.4) is 0 Å². The summed E-state index contributed by atoms with van der Waals surface area (Å²) < 4.78 is 107. The second kappa shape index (κ2) is 9.45. The number of hydrogen-bond acceptors (Lipinski definition) is 6. The second-order valence-corrected chi connectivity index (χ2v) is 11.1. The molecule has 206 valence electrons. The average Bonchev–Trinajstić information content (AvgIpc) is 2.86. The van der Waals surface area contributed by atoms with E-state index in [1.54, 1.807) is 0 Å². The number of sulfonamides is 1. The molecule has 0 aliphatic carbocycles. The van der Waals surface area contributed by atoms with E-state index in [4.69, 9.17) is 9.47 Å². The maximum Gasteiger partial charge on any atom is 0.417 e. The number of pyridine rings is 1. The third-order valence-corrected chi connectivity index (χ3v) is 8.33. The van der Waals surface area contributed by atoms with Gasteiger partial charge in [-0.25, -0.2) is 17.2 Å². The van der Waals surface area contributed by atoms with Gasteiger partial charge in [-0.3, -0.25) is 14.1 Å². The van der Waals surface area contributed by atoms with Gasteiger partial charge >= 0.3 is 12.1 Å². The number of hydrogen-bond donors (Lipinski definition) is 1. The molecule has 0 bridgehead atoms. The van der Waals surface area contributed by atoms with Crippen LogP contribution in [0.4, 0.5) is 27.6 Å². The van der Waals surface area contributed by atoms with Crippen LogP contribution < -0.4 is 9.04 Å². The summed E-state index contributed by atoms with van der Waals surface area (Å²) in [6.07, 6.45) is -4.82. The number of carboxylic acid groups (broad SMARTS) is 1. The highest BCUT2D eigenvalue weighted by Crippen LogP contribution is 2.43. The predicted octanol–water partition coefficient (Wildman–Crippen LogP) is 4.49. The van der Waals surface area contributed by atoms with Gasteiger partial charge in [0.1, 0.15) is 33.8 Å². The summed E-state index contributed by atoms with van der Waals surface area (Å²) in [4.78, 5) is 14.5. The zero-order chi connectivity index (χ0) is 28.2. The van der Waals surface area contributed by atoms with Gasteiger partial charge in [0, 0.05) is 24.4 Å². The lowest BCUT2D eigenvalue weighted by molar-refractivity contribution is -0.184. The predicted molar refractivity (Wildman–Crippen MR) is 125 cm³/mol. The lowest BCUT2D eigenvalue weighted by Crippen LogP contribution is -2.54. The summed E-state index contributed by atoms with van der Waals surface area (Å²) in [5, 5.41) is 9.68. The molecule has 2 aromatic carbocycles. The van der Waals surface area contributed by atoms with Crippen molar-refractivity contribution in [2.45, 2.75) is 23.6 Å². The molecule has 1 fully saturated rings. The third kappa shape index (κ3) is 4.89. The number of halogens is 5. The summed E-state index contributed by atoms with van der Waals surface area (Å²) in [5.41, 5.74) is -2.89. The number of ether oxygens (including phenoxy) is 2. The first kappa shape index (κ1) is 26.8. The van der Waals surface area contributed by atoms with E-state index in [2.05, 4.69) is 4.98 Å². The van der Waals surface area contributed by atoms with E-state index in [9.17, 15) is 40.3 Å². The topological polar surface area (TPSA) is 106 Å². The number of fused-ring (bicyclic) bond motifs is 1. The largest absolute Gasteiger partial charge is 0.486 e. The lowest BCUT2D eigenvalue weighted by atomic mass is 9.80. The Morgan fingerprint density at radius 1 is 1.10 bits per heavy atom. The van der Waals surface area contributed by atoms with Crippen molar-refractivity contribution in [3.05, 3.63) is 72.1 Å². The maximum absolute atomic E-state index is 14.5. The van der Waals surface area contributed by atoms with E-state index in [1.807, 2.05) is 0 Å². The van der Waals surface area contributed by atoms with Crippen LogP contribution in [0.1, 0.15) is 12.0 Å². The Hall–Kier alpha value is -3.78.